The van der Waals surface area contributed by atoms with Crippen LogP contribution < -0.4 is 9.47 Å². The average Bonchev–Trinajstić information content (AvgIpc) is 3.00. The van der Waals surface area contributed by atoms with E-state index in [4.69, 9.17) is 37.4 Å². The molecule has 0 atom stereocenters. The van der Waals surface area contributed by atoms with Gasteiger partial charge in [0.1, 0.15) is 6.61 Å². The Labute approximate surface area is 192 Å². The van der Waals surface area contributed by atoms with E-state index in [9.17, 15) is 4.79 Å². The van der Waals surface area contributed by atoms with Gasteiger partial charge >= 0.3 is 5.97 Å². The first-order valence-corrected chi connectivity index (χ1v) is 10.2. The molecule has 8 heteroatoms. The lowest BCUT2D eigenvalue weighted by Gasteiger charge is -2.13. The van der Waals surface area contributed by atoms with Gasteiger partial charge in [-0.15, -0.1) is 0 Å². The standard InChI is InChI=1S/C21H16Cl2INO4/c1-11(2)10-28-19-16(24)6-12(8-18(19)27-3)7-17-21(26)29-20(25-17)14-5-4-13(22)9-15(14)23/h4-9H,1,10H2,2-3H3/b17-7-. The summed E-state index contributed by atoms with van der Waals surface area (Å²) in [6, 6.07) is 8.49. The number of methoxy groups -OCH3 is 1. The second kappa shape index (κ2) is 9.19. The number of rotatable bonds is 6. The van der Waals surface area contributed by atoms with Crippen LogP contribution in [-0.2, 0) is 9.53 Å². The Morgan fingerprint density at radius 3 is 2.72 bits per heavy atom. The van der Waals surface area contributed by atoms with Crippen molar-refractivity contribution in [3.63, 3.8) is 0 Å². The molecule has 3 rings (SSSR count). The largest absolute Gasteiger partial charge is 0.493 e. The third-order valence-electron chi connectivity index (χ3n) is 3.80. The Hall–Kier alpha value is -2.03. The minimum atomic E-state index is -0.567. The van der Waals surface area contributed by atoms with E-state index in [1.807, 2.05) is 13.0 Å². The lowest BCUT2D eigenvalue weighted by atomic mass is 10.1. The van der Waals surface area contributed by atoms with Gasteiger partial charge in [0, 0.05) is 5.02 Å². The van der Waals surface area contributed by atoms with E-state index in [2.05, 4.69) is 34.2 Å². The van der Waals surface area contributed by atoms with E-state index in [1.165, 1.54) is 0 Å². The van der Waals surface area contributed by atoms with Crippen LogP contribution in [0.25, 0.3) is 6.08 Å². The van der Waals surface area contributed by atoms with Crippen molar-refractivity contribution in [3.8, 4) is 11.5 Å². The number of nitrogens with zero attached hydrogens (tertiary/aromatic N) is 1. The number of ether oxygens (including phenoxy) is 3. The first kappa shape index (κ1) is 21.7. The van der Waals surface area contributed by atoms with Gasteiger partial charge in [-0.3, -0.25) is 0 Å². The Kier molecular flexibility index (Phi) is 6.87. The molecule has 5 nitrogen and oxygen atoms in total. The summed E-state index contributed by atoms with van der Waals surface area (Å²) in [6.07, 6.45) is 1.62. The van der Waals surface area contributed by atoms with Crippen LogP contribution in [0.1, 0.15) is 18.1 Å². The third-order valence-corrected chi connectivity index (χ3v) is 5.15. The maximum absolute atomic E-state index is 12.3. The van der Waals surface area contributed by atoms with Crippen molar-refractivity contribution in [1.82, 2.24) is 0 Å². The Morgan fingerprint density at radius 1 is 1.31 bits per heavy atom. The van der Waals surface area contributed by atoms with Crippen molar-refractivity contribution < 1.29 is 19.0 Å². The van der Waals surface area contributed by atoms with Gasteiger partial charge in [-0.25, -0.2) is 9.79 Å². The first-order valence-electron chi connectivity index (χ1n) is 8.41. The predicted octanol–water partition coefficient (Wildman–Crippen LogP) is 5.91. The van der Waals surface area contributed by atoms with Gasteiger partial charge in [0.05, 0.1) is 21.3 Å². The third kappa shape index (κ3) is 5.12. The molecule has 0 aliphatic carbocycles. The number of cyclic esters (lactones) is 1. The highest BCUT2D eigenvalue weighted by Gasteiger charge is 2.26. The molecule has 0 amide bonds. The molecule has 1 aliphatic heterocycles. The molecule has 0 N–H and O–H groups in total. The molecule has 29 heavy (non-hydrogen) atoms. The second-order valence-corrected chi connectivity index (χ2v) is 8.25. The lowest BCUT2D eigenvalue weighted by molar-refractivity contribution is -0.129. The zero-order valence-corrected chi connectivity index (χ0v) is 19.3. The fourth-order valence-electron chi connectivity index (χ4n) is 2.50. The predicted molar refractivity (Wildman–Crippen MR) is 123 cm³/mol. The molecule has 0 unspecified atom stereocenters. The molecule has 0 aromatic heterocycles. The fourth-order valence-corrected chi connectivity index (χ4v) is 3.77. The van der Waals surface area contributed by atoms with Gasteiger partial charge in [-0.2, -0.15) is 0 Å². The van der Waals surface area contributed by atoms with Crippen LogP contribution in [0, 0.1) is 3.57 Å². The number of halogens is 3. The van der Waals surface area contributed by atoms with Gasteiger partial charge in [-0.1, -0.05) is 29.8 Å². The molecular weight excluding hydrogens is 528 g/mol. The van der Waals surface area contributed by atoms with Crippen LogP contribution in [0.15, 0.2) is 53.2 Å². The Morgan fingerprint density at radius 2 is 2.07 bits per heavy atom. The quantitative estimate of drug-likeness (QED) is 0.197. The Balaban J connectivity index is 1.94. The highest BCUT2D eigenvalue weighted by atomic mass is 127. The molecule has 0 saturated carbocycles. The zero-order valence-electron chi connectivity index (χ0n) is 15.6. The molecule has 1 heterocycles. The second-order valence-electron chi connectivity index (χ2n) is 6.24. The van der Waals surface area contributed by atoms with Crippen LogP contribution >= 0.6 is 45.8 Å². The molecule has 1 aliphatic rings. The maximum Gasteiger partial charge on any atom is 0.363 e. The molecule has 0 radical (unpaired) electrons. The van der Waals surface area contributed by atoms with E-state index in [1.54, 1.807) is 37.5 Å². The zero-order chi connectivity index (χ0) is 21.1. The topological polar surface area (TPSA) is 57.1 Å². The van der Waals surface area contributed by atoms with E-state index in [0.717, 1.165) is 9.14 Å². The number of esters is 1. The summed E-state index contributed by atoms with van der Waals surface area (Å²) in [4.78, 5) is 16.6. The smallest absolute Gasteiger partial charge is 0.363 e. The lowest BCUT2D eigenvalue weighted by Crippen LogP contribution is -2.06. The molecule has 0 saturated heterocycles. The summed E-state index contributed by atoms with van der Waals surface area (Å²) in [5.74, 6) is 0.722. The highest BCUT2D eigenvalue weighted by molar-refractivity contribution is 14.1. The maximum atomic E-state index is 12.3. The van der Waals surface area contributed by atoms with Crippen molar-refractivity contribution in [3.05, 3.63) is 72.9 Å². The number of carbonyl (C=O) groups excluding carboxylic acids is 1. The highest BCUT2D eigenvalue weighted by Crippen LogP contribution is 2.35. The van der Waals surface area contributed by atoms with E-state index in [-0.39, 0.29) is 11.6 Å². The van der Waals surface area contributed by atoms with Crippen LogP contribution in [0.3, 0.4) is 0 Å². The van der Waals surface area contributed by atoms with E-state index < -0.39 is 5.97 Å². The summed E-state index contributed by atoms with van der Waals surface area (Å²) < 4.78 is 17.3. The SMILES string of the molecule is C=C(C)COc1c(I)cc(/C=C2\N=C(c3ccc(Cl)cc3Cl)OC2=O)cc1OC. The average molecular weight is 544 g/mol. The number of aliphatic imine (C=N–C) groups is 1. The van der Waals surface area contributed by atoms with E-state index >= 15 is 0 Å². The van der Waals surface area contributed by atoms with Crippen LogP contribution in [0.5, 0.6) is 11.5 Å². The van der Waals surface area contributed by atoms with Crippen molar-refractivity contribution in [2.45, 2.75) is 6.92 Å². The van der Waals surface area contributed by atoms with Gasteiger partial charge < -0.3 is 14.2 Å². The van der Waals surface area contributed by atoms with Crippen LogP contribution in [0.4, 0.5) is 0 Å². The molecule has 0 bridgehead atoms. The monoisotopic (exact) mass is 543 g/mol. The molecule has 0 spiro atoms. The minimum absolute atomic E-state index is 0.131. The molecule has 0 fully saturated rings. The van der Waals surface area contributed by atoms with E-state index in [0.29, 0.717) is 39.3 Å². The summed E-state index contributed by atoms with van der Waals surface area (Å²) in [5, 5.41) is 0.829. The number of carbonyl (C=O) groups is 1. The van der Waals surface area contributed by atoms with Gasteiger partial charge in [0.25, 0.3) is 0 Å². The molecule has 2 aromatic rings. The minimum Gasteiger partial charge on any atom is -0.493 e. The first-order chi connectivity index (χ1) is 13.8. The molecule has 150 valence electrons. The summed E-state index contributed by atoms with van der Waals surface area (Å²) >= 11 is 14.2. The summed E-state index contributed by atoms with van der Waals surface area (Å²) in [5.41, 5.74) is 2.25. The summed E-state index contributed by atoms with van der Waals surface area (Å²) in [6.45, 7) is 6.10. The van der Waals surface area contributed by atoms with Gasteiger partial charge in [-0.05, 0) is 77.1 Å². The van der Waals surface area contributed by atoms with Crippen LogP contribution in [0.2, 0.25) is 10.0 Å². The Bertz CT molecular complexity index is 1060. The fraction of sp³-hybridized carbons (Fsp3) is 0.143. The van der Waals surface area contributed by atoms with Crippen molar-refractivity contribution in [2.75, 3.05) is 13.7 Å². The van der Waals surface area contributed by atoms with Gasteiger partial charge in [0.15, 0.2) is 17.2 Å². The van der Waals surface area contributed by atoms with Crippen molar-refractivity contribution in [1.29, 1.82) is 0 Å². The van der Waals surface area contributed by atoms with Crippen molar-refractivity contribution in [2.24, 2.45) is 4.99 Å². The normalized spacial score (nSPS) is 14.6. The molecular formula is C21H16Cl2INO4. The molecule has 2 aromatic carbocycles. The van der Waals surface area contributed by atoms with Gasteiger partial charge in [0.2, 0.25) is 5.90 Å². The van der Waals surface area contributed by atoms with Crippen LogP contribution in [-0.4, -0.2) is 25.6 Å². The summed E-state index contributed by atoms with van der Waals surface area (Å²) in [7, 11) is 1.55. The number of hydrogen-bond acceptors (Lipinski definition) is 5. The number of hydrogen-bond donors (Lipinski definition) is 0. The number of benzene rings is 2. The van der Waals surface area contributed by atoms with Crippen molar-refractivity contribution >= 4 is 63.7 Å².